The Bertz CT molecular complexity index is 2060. The Labute approximate surface area is 214 Å². The lowest BCUT2D eigenvalue weighted by Crippen LogP contribution is -2.15. The topological polar surface area (TPSA) is 38.3 Å². The van der Waals surface area contributed by atoms with Gasteiger partial charge in [-0.25, -0.2) is 0 Å². The van der Waals surface area contributed by atoms with Crippen molar-refractivity contribution in [2.24, 2.45) is 0 Å². The first-order valence-corrected chi connectivity index (χ1v) is 12.7. The molecule has 8 rings (SSSR count). The molecule has 2 aromatic heterocycles. The van der Waals surface area contributed by atoms with Gasteiger partial charge in [0.2, 0.25) is 0 Å². The van der Waals surface area contributed by atoms with Crippen LogP contribution in [0.5, 0.6) is 0 Å². The molecule has 7 aromatic rings. The molecule has 0 aliphatic heterocycles. The molecule has 5 aromatic carbocycles. The van der Waals surface area contributed by atoms with Crippen LogP contribution < -0.4 is 5.46 Å². The summed E-state index contributed by atoms with van der Waals surface area (Å²) in [5.41, 5.74) is 10.8. The summed E-state index contributed by atoms with van der Waals surface area (Å²) in [4.78, 5) is 0. The second-order valence-electron chi connectivity index (χ2n) is 10.5. The number of aromatic nitrogens is 1. The Kier molecular flexibility index (Phi) is 4.03. The molecule has 2 heterocycles. The summed E-state index contributed by atoms with van der Waals surface area (Å²) in [6, 6.07) is 34.2. The number of hydrogen-bond donors (Lipinski definition) is 1. The Hall–Kier alpha value is -4.28. The first kappa shape index (κ1) is 20.9. The summed E-state index contributed by atoms with van der Waals surface area (Å²) in [6.45, 7) is 4.69. The maximum atomic E-state index is 9.82. The van der Waals surface area contributed by atoms with Gasteiger partial charge in [-0.15, -0.1) is 0 Å². The van der Waals surface area contributed by atoms with E-state index in [0.717, 1.165) is 35.0 Å². The molecule has 1 aliphatic rings. The predicted molar refractivity (Wildman–Crippen MR) is 153 cm³/mol. The van der Waals surface area contributed by atoms with E-state index in [1.807, 2.05) is 12.1 Å². The monoisotopic (exact) mass is 476 g/mol. The second kappa shape index (κ2) is 7.15. The lowest BCUT2D eigenvalue weighted by Gasteiger charge is -2.22. The van der Waals surface area contributed by atoms with Gasteiger partial charge in [0.15, 0.2) is 5.58 Å². The van der Waals surface area contributed by atoms with E-state index in [9.17, 15) is 5.02 Å². The lowest BCUT2D eigenvalue weighted by molar-refractivity contribution is 0.613. The zero-order valence-corrected chi connectivity index (χ0v) is 20.6. The highest BCUT2D eigenvalue weighted by atomic mass is 16.3. The van der Waals surface area contributed by atoms with E-state index >= 15 is 0 Å². The Morgan fingerprint density at radius 3 is 2.27 bits per heavy atom. The molecular formula is C33H23BNO2. The van der Waals surface area contributed by atoms with E-state index in [-0.39, 0.29) is 5.41 Å². The minimum Gasteiger partial charge on any atom is -0.454 e. The quantitative estimate of drug-likeness (QED) is 0.268. The van der Waals surface area contributed by atoms with Gasteiger partial charge in [-0.05, 0) is 45.9 Å². The van der Waals surface area contributed by atoms with Gasteiger partial charge in [0.1, 0.15) is 5.58 Å². The van der Waals surface area contributed by atoms with E-state index in [4.69, 9.17) is 4.42 Å². The van der Waals surface area contributed by atoms with Gasteiger partial charge in [-0.2, -0.15) is 0 Å². The van der Waals surface area contributed by atoms with Crippen molar-refractivity contribution in [3.05, 3.63) is 108 Å². The molecular weight excluding hydrogens is 453 g/mol. The first-order valence-electron chi connectivity index (χ1n) is 12.7. The van der Waals surface area contributed by atoms with Gasteiger partial charge in [-0.1, -0.05) is 92.7 Å². The summed E-state index contributed by atoms with van der Waals surface area (Å²) in [5.74, 6) is 0. The number of benzene rings is 5. The molecule has 0 saturated heterocycles. The number of nitrogens with zero attached hydrogens (tertiary/aromatic N) is 1. The highest BCUT2D eigenvalue weighted by Gasteiger charge is 2.38. The van der Waals surface area contributed by atoms with Gasteiger partial charge >= 0.3 is 7.48 Å². The Balaban J connectivity index is 1.54. The minimum atomic E-state index is -0.113. The van der Waals surface area contributed by atoms with Crippen molar-refractivity contribution in [2.45, 2.75) is 19.3 Å². The van der Waals surface area contributed by atoms with Crippen molar-refractivity contribution in [3.8, 4) is 16.8 Å². The molecule has 37 heavy (non-hydrogen) atoms. The summed E-state index contributed by atoms with van der Waals surface area (Å²) >= 11 is 0. The van der Waals surface area contributed by atoms with Crippen LogP contribution in [-0.2, 0) is 5.41 Å². The number of furan rings is 1. The van der Waals surface area contributed by atoms with Gasteiger partial charge in [0.25, 0.3) is 0 Å². The normalized spacial score (nSPS) is 14.0. The third kappa shape index (κ3) is 2.56. The fourth-order valence-corrected chi connectivity index (χ4v) is 6.70. The van der Waals surface area contributed by atoms with Crippen LogP contribution in [0.2, 0.25) is 0 Å². The number of rotatable bonds is 2. The van der Waals surface area contributed by atoms with Gasteiger partial charge in [-0.3, -0.25) is 0 Å². The van der Waals surface area contributed by atoms with Crippen molar-refractivity contribution < 1.29 is 9.44 Å². The van der Waals surface area contributed by atoms with Gasteiger partial charge in [0.05, 0.1) is 16.7 Å². The molecule has 3 nitrogen and oxygen atoms in total. The molecule has 0 atom stereocenters. The van der Waals surface area contributed by atoms with Crippen molar-refractivity contribution in [2.75, 3.05) is 0 Å². The average Bonchev–Trinajstić information content (AvgIpc) is 3.55. The predicted octanol–water partition coefficient (Wildman–Crippen LogP) is 7.23. The molecule has 0 amide bonds. The second-order valence-corrected chi connectivity index (χ2v) is 10.5. The number of para-hydroxylation sites is 3. The maximum absolute atomic E-state index is 9.82. The smallest absolute Gasteiger partial charge is 0.330 e. The number of hydrogen-bond acceptors (Lipinski definition) is 2. The molecule has 0 saturated carbocycles. The van der Waals surface area contributed by atoms with Crippen LogP contribution in [0, 0.1) is 0 Å². The molecule has 0 fully saturated rings. The van der Waals surface area contributed by atoms with Crippen molar-refractivity contribution in [3.63, 3.8) is 0 Å². The fraction of sp³-hybridized carbons (Fsp3) is 0.0909. The van der Waals surface area contributed by atoms with E-state index in [1.165, 1.54) is 38.5 Å². The van der Waals surface area contributed by atoms with E-state index < -0.39 is 0 Å². The zero-order chi connectivity index (χ0) is 24.9. The molecule has 1 radical (unpaired) electrons. The van der Waals surface area contributed by atoms with E-state index in [1.54, 1.807) is 0 Å². The average molecular weight is 476 g/mol. The highest BCUT2D eigenvalue weighted by Crippen LogP contribution is 2.53. The van der Waals surface area contributed by atoms with Crippen LogP contribution in [0.15, 0.2) is 101 Å². The highest BCUT2D eigenvalue weighted by molar-refractivity contribution is 6.50. The minimum absolute atomic E-state index is 0.113. The summed E-state index contributed by atoms with van der Waals surface area (Å²) in [7, 11) is 1.12. The Morgan fingerprint density at radius 1 is 0.676 bits per heavy atom. The van der Waals surface area contributed by atoms with Crippen LogP contribution in [-0.4, -0.2) is 17.1 Å². The molecule has 0 bridgehead atoms. The van der Waals surface area contributed by atoms with E-state index in [2.05, 4.69) is 103 Å². The standard InChI is InChI=1S/C33H23BNO2/c1-33(2)24-13-5-3-9-19(24)20-17-18-27-29(30(20)33)23-10-4-6-15-26(23)35(27)28-16-8-12-22-21-11-7-14-25(34-36)31(21)37-32(22)28/h3-18,36H,1-2H3. The third-order valence-electron chi connectivity index (χ3n) is 8.27. The SMILES string of the molecule is CC1(C)c2ccccc2-c2ccc3c(c21)c1ccccc1n3-c1cccc2c1oc1c([B]O)cccc12. The molecule has 0 unspecified atom stereocenters. The Morgan fingerprint density at radius 2 is 1.41 bits per heavy atom. The summed E-state index contributed by atoms with van der Waals surface area (Å²) in [5, 5.41) is 14.4. The first-order chi connectivity index (χ1) is 18.1. The molecule has 175 valence electrons. The lowest BCUT2D eigenvalue weighted by atomic mass is 9.80. The van der Waals surface area contributed by atoms with Crippen LogP contribution >= 0.6 is 0 Å². The molecule has 4 heteroatoms. The van der Waals surface area contributed by atoms with Crippen LogP contribution in [0.25, 0.3) is 60.6 Å². The van der Waals surface area contributed by atoms with Gasteiger partial charge in [0, 0.05) is 27.0 Å². The zero-order valence-electron chi connectivity index (χ0n) is 20.6. The van der Waals surface area contributed by atoms with Crippen LogP contribution in [0.1, 0.15) is 25.0 Å². The van der Waals surface area contributed by atoms with Crippen LogP contribution in [0.3, 0.4) is 0 Å². The summed E-state index contributed by atoms with van der Waals surface area (Å²) in [6.07, 6.45) is 0. The van der Waals surface area contributed by atoms with Crippen molar-refractivity contribution in [1.29, 1.82) is 0 Å². The molecule has 1 N–H and O–H groups in total. The van der Waals surface area contributed by atoms with Crippen molar-refractivity contribution >= 4 is 56.7 Å². The fourth-order valence-electron chi connectivity index (χ4n) is 6.70. The largest absolute Gasteiger partial charge is 0.454 e. The number of fused-ring (bicyclic) bond motifs is 10. The van der Waals surface area contributed by atoms with Gasteiger partial charge < -0.3 is 14.0 Å². The van der Waals surface area contributed by atoms with Crippen LogP contribution in [0.4, 0.5) is 0 Å². The van der Waals surface area contributed by atoms with E-state index in [0.29, 0.717) is 11.0 Å². The third-order valence-corrected chi connectivity index (χ3v) is 8.27. The molecule has 1 aliphatic carbocycles. The summed E-state index contributed by atoms with van der Waals surface area (Å²) < 4.78 is 8.84. The molecule has 0 spiro atoms. The maximum Gasteiger partial charge on any atom is 0.330 e. The van der Waals surface area contributed by atoms with Crippen molar-refractivity contribution in [1.82, 2.24) is 4.57 Å².